The van der Waals surface area contributed by atoms with Gasteiger partial charge in [0.2, 0.25) is 11.8 Å². The molecule has 26 heavy (non-hydrogen) atoms. The van der Waals surface area contributed by atoms with Crippen molar-refractivity contribution in [2.75, 3.05) is 31.1 Å². The van der Waals surface area contributed by atoms with Crippen LogP contribution in [0, 0.1) is 17.8 Å². The van der Waals surface area contributed by atoms with Crippen LogP contribution < -0.4 is 5.32 Å². The van der Waals surface area contributed by atoms with Gasteiger partial charge in [-0.05, 0) is 31.4 Å². The smallest absolute Gasteiger partial charge is 0.230 e. The number of carbonyl (C=O) groups is 2. The SMILES string of the molecule is CCSCC(=O)NC[C@H]1[C@H]2CN(C(=O)C3CCCCC3)C[C@]23CC[C@H]1O3. The Morgan fingerprint density at radius 1 is 1.23 bits per heavy atom. The zero-order valence-electron chi connectivity index (χ0n) is 15.9. The molecule has 4 rings (SSSR count). The Kier molecular flexibility index (Phi) is 5.51. The van der Waals surface area contributed by atoms with Crippen molar-refractivity contribution >= 4 is 23.6 Å². The molecule has 0 unspecified atom stereocenters. The van der Waals surface area contributed by atoms with E-state index in [1.54, 1.807) is 11.8 Å². The molecule has 4 atom stereocenters. The second-order valence-electron chi connectivity index (χ2n) is 8.53. The van der Waals surface area contributed by atoms with Crippen LogP contribution in [0.5, 0.6) is 0 Å². The van der Waals surface area contributed by atoms with Crippen LogP contribution in [0.4, 0.5) is 0 Å². The first kappa shape index (κ1) is 18.6. The molecule has 0 aromatic heterocycles. The predicted molar refractivity (Wildman–Crippen MR) is 103 cm³/mol. The van der Waals surface area contributed by atoms with Gasteiger partial charge < -0.3 is 15.0 Å². The Morgan fingerprint density at radius 2 is 2.04 bits per heavy atom. The molecule has 1 N–H and O–H groups in total. The highest BCUT2D eigenvalue weighted by Gasteiger charge is 2.63. The molecule has 1 saturated carbocycles. The van der Waals surface area contributed by atoms with Crippen LogP contribution in [-0.4, -0.2) is 59.6 Å². The summed E-state index contributed by atoms with van der Waals surface area (Å²) >= 11 is 1.66. The van der Waals surface area contributed by atoms with Crippen LogP contribution in [-0.2, 0) is 14.3 Å². The number of rotatable bonds is 6. The van der Waals surface area contributed by atoms with Gasteiger partial charge in [-0.2, -0.15) is 11.8 Å². The number of hydrogen-bond acceptors (Lipinski definition) is 4. The molecule has 2 amide bonds. The molecule has 6 heteroatoms. The molecule has 3 saturated heterocycles. The lowest BCUT2D eigenvalue weighted by molar-refractivity contribution is -0.137. The van der Waals surface area contributed by atoms with Crippen molar-refractivity contribution in [2.45, 2.75) is 63.6 Å². The van der Waals surface area contributed by atoms with Gasteiger partial charge in [-0.1, -0.05) is 26.2 Å². The van der Waals surface area contributed by atoms with Gasteiger partial charge >= 0.3 is 0 Å². The summed E-state index contributed by atoms with van der Waals surface area (Å²) in [6.07, 6.45) is 8.21. The topological polar surface area (TPSA) is 58.6 Å². The number of hydrogen-bond donors (Lipinski definition) is 1. The first-order chi connectivity index (χ1) is 12.6. The van der Waals surface area contributed by atoms with Crippen molar-refractivity contribution in [3.05, 3.63) is 0 Å². The monoisotopic (exact) mass is 380 g/mol. The Labute approximate surface area is 161 Å². The predicted octanol–water partition coefficient (Wildman–Crippen LogP) is 2.44. The number of thioether (sulfide) groups is 1. The lowest BCUT2D eigenvalue weighted by Gasteiger charge is -2.29. The van der Waals surface area contributed by atoms with E-state index in [4.69, 9.17) is 4.74 Å². The number of nitrogens with one attached hydrogen (secondary N) is 1. The lowest BCUT2D eigenvalue weighted by atomic mass is 9.73. The number of nitrogens with zero attached hydrogens (tertiary/aromatic N) is 1. The third-order valence-electron chi connectivity index (χ3n) is 7.02. The molecule has 0 aromatic carbocycles. The van der Waals surface area contributed by atoms with E-state index in [0.29, 0.717) is 30.0 Å². The minimum absolute atomic E-state index is 0.122. The Balaban J connectivity index is 1.37. The maximum absolute atomic E-state index is 13.0. The molecule has 146 valence electrons. The molecule has 3 heterocycles. The summed E-state index contributed by atoms with van der Waals surface area (Å²) in [6.45, 7) is 4.38. The van der Waals surface area contributed by atoms with Crippen molar-refractivity contribution in [1.82, 2.24) is 10.2 Å². The first-order valence-electron chi connectivity index (χ1n) is 10.4. The zero-order chi connectivity index (χ0) is 18.1. The summed E-state index contributed by atoms with van der Waals surface area (Å²) in [6, 6.07) is 0. The number of carbonyl (C=O) groups excluding carboxylic acids is 2. The Morgan fingerprint density at radius 3 is 2.81 bits per heavy atom. The minimum Gasteiger partial charge on any atom is -0.369 e. The minimum atomic E-state index is -0.122. The number of fused-ring (bicyclic) bond motifs is 1. The largest absolute Gasteiger partial charge is 0.369 e. The molecule has 1 aliphatic carbocycles. The van der Waals surface area contributed by atoms with E-state index in [9.17, 15) is 9.59 Å². The van der Waals surface area contributed by atoms with E-state index < -0.39 is 0 Å². The third-order valence-corrected chi connectivity index (χ3v) is 7.90. The highest BCUT2D eigenvalue weighted by molar-refractivity contribution is 7.99. The van der Waals surface area contributed by atoms with Crippen LogP contribution in [0.25, 0.3) is 0 Å². The summed E-state index contributed by atoms with van der Waals surface area (Å²) in [5.41, 5.74) is -0.122. The fourth-order valence-corrected chi connectivity index (χ4v) is 6.21. The molecule has 4 aliphatic rings. The highest BCUT2D eigenvalue weighted by Crippen LogP contribution is 2.54. The third kappa shape index (κ3) is 3.39. The number of likely N-dealkylation sites (tertiary alicyclic amines) is 1. The van der Waals surface area contributed by atoms with Crippen molar-refractivity contribution in [1.29, 1.82) is 0 Å². The molecule has 2 bridgehead atoms. The van der Waals surface area contributed by atoms with Crippen molar-refractivity contribution in [3.8, 4) is 0 Å². The van der Waals surface area contributed by atoms with E-state index in [0.717, 1.165) is 44.5 Å². The van der Waals surface area contributed by atoms with Crippen LogP contribution in [0.15, 0.2) is 0 Å². The second kappa shape index (κ2) is 7.70. The quantitative estimate of drug-likeness (QED) is 0.769. The van der Waals surface area contributed by atoms with Crippen LogP contribution in [0.1, 0.15) is 51.9 Å². The number of ether oxygens (including phenoxy) is 1. The fourth-order valence-electron chi connectivity index (χ4n) is 5.72. The first-order valence-corrected chi connectivity index (χ1v) is 11.6. The van der Waals surface area contributed by atoms with Gasteiger partial charge in [0.15, 0.2) is 0 Å². The molecule has 3 aliphatic heterocycles. The van der Waals surface area contributed by atoms with Gasteiger partial charge in [0.25, 0.3) is 0 Å². The molecular formula is C20H32N2O3S. The molecule has 0 radical (unpaired) electrons. The van der Waals surface area contributed by atoms with Gasteiger partial charge in [-0.3, -0.25) is 9.59 Å². The molecule has 5 nitrogen and oxygen atoms in total. The van der Waals surface area contributed by atoms with Gasteiger partial charge in [-0.25, -0.2) is 0 Å². The van der Waals surface area contributed by atoms with Crippen LogP contribution in [0.3, 0.4) is 0 Å². The normalized spacial score (nSPS) is 36.3. The summed E-state index contributed by atoms with van der Waals surface area (Å²) in [7, 11) is 0. The van der Waals surface area contributed by atoms with Gasteiger partial charge in [0, 0.05) is 30.8 Å². The maximum Gasteiger partial charge on any atom is 0.230 e. The Bertz CT molecular complexity index is 551. The molecule has 0 aromatic rings. The highest BCUT2D eigenvalue weighted by atomic mass is 32.2. The van der Waals surface area contributed by atoms with Crippen molar-refractivity contribution in [3.63, 3.8) is 0 Å². The van der Waals surface area contributed by atoms with Crippen LogP contribution in [0.2, 0.25) is 0 Å². The summed E-state index contributed by atoms with van der Waals surface area (Å²) < 4.78 is 6.43. The fraction of sp³-hybridized carbons (Fsp3) is 0.900. The summed E-state index contributed by atoms with van der Waals surface area (Å²) in [4.78, 5) is 27.1. The second-order valence-corrected chi connectivity index (χ2v) is 9.80. The van der Waals surface area contributed by atoms with Gasteiger partial charge in [0.1, 0.15) is 0 Å². The lowest BCUT2D eigenvalue weighted by Crippen LogP contribution is -2.42. The maximum atomic E-state index is 13.0. The Hall–Kier alpha value is -0.750. The van der Waals surface area contributed by atoms with E-state index in [1.165, 1.54) is 19.3 Å². The van der Waals surface area contributed by atoms with E-state index >= 15 is 0 Å². The summed E-state index contributed by atoms with van der Waals surface area (Å²) in [5.74, 6) is 2.99. The zero-order valence-corrected chi connectivity index (χ0v) is 16.7. The van der Waals surface area contributed by atoms with E-state index in [-0.39, 0.29) is 23.5 Å². The van der Waals surface area contributed by atoms with Crippen molar-refractivity contribution < 1.29 is 14.3 Å². The van der Waals surface area contributed by atoms with Gasteiger partial charge in [0.05, 0.1) is 24.0 Å². The van der Waals surface area contributed by atoms with Gasteiger partial charge in [-0.15, -0.1) is 0 Å². The summed E-state index contributed by atoms with van der Waals surface area (Å²) in [5, 5.41) is 3.12. The average molecular weight is 381 g/mol. The standard InChI is InChI=1S/C20H32N2O3S/c1-2-26-12-18(23)21-10-15-16-11-22(13-20(16)9-8-17(15)25-20)19(24)14-6-4-3-5-7-14/h14-17H,2-13H2,1H3,(H,21,23)/t15-,16+,17+,20+/m0/s1. The number of amides is 2. The molecular weight excluding hydrogens is 348 g/mol. The van der Waals surface area contributed by atoms with Crippen molar-refractivity contribution in [2.24, 2.45) is 17.8 Å². The molecule has 4 fully saturated rings. The van der Waals surface area contributed by atoms with Crippen LogP contribution >= 0.6 is 11.8 Å². The van der Waals surface area contributed by atoms with E-state index in [1.807, 2.05) is 0 Å². The average Bonchev–Trinajstić information content (AvgIpc) is 3.33. The molecule has 1 spiro atoms. The van der Waals surface area contributed by atoms with E-state index in [2.05, 4.69) is 17.1 Å².